The third-order valence-electron chi connectivity index (χ3n) is 3.41. The van der Waals surface area contributed by atoms with Crippen LogP contribution in [0.2, 0.25) is 0 Å². The lowest BCUT2D eigenvalue weighted by molar-refractivity contribution is 1.28. The van der Waals surface area contributed by atoms with Crippen LogP contribution >= 0.6 is 0 Å². The molecule has 0 atom stereocenters. The van der Waals surface area contributed by atoms with Gasteiger partial charge in [-0.1, -0.05) is 72.8 Å². The molecule has 0 saturated heterocycles. The standard InChI is InChI=1S/C19H16/c1-2-7-15-8-5-11-17(14-15)19-13-6-10-16-9-3-4-12-18(16)19/h2-6,8-14H,1,7H2. The van der Waals surface area contributed by atoms with Gasteiger partial charge in [-0.2, -0.15) is 0 Å². The third-order valence-corrected chi connectivity index (χ3v) is 3.41. The molecule has 92 valence electrons. The molecule has 0 spiro atoms. The number of allylic oxidation sites excluding steroid dienone is 1. The van der Waals surface area contributed by atoms with Crippen LogP contribution in [0.15, 0.2) is 79.4 Å². The number of rotatable bonds is 3. The van der Waals surface area contributed by atoms with Gasteiger partial charge in [0.25, 0.3) is 0 Å². The summed E-state index contributed by atoms with van der Waals surface area (Å²) < 4.78 is 0. The van der Waals surface area contributed by atoms with Crippen LogP contribution in [0.3, 0.4) is 0 Å². The number of fused-ring (bicyclic) bond motifs is 1. The summed E-state index contributed by atoms with van der Waals surface area (Å²) in [4.78, 5) is 0. The molecule has 0 radical (unpaired) electrons. The third kappa shape index (κ3) is 2.30. The Morgan fingerprint density at radius 3 is 2.53 bits per heavy atom. The largest absolute Gasteiger partial charge is 0.103 e. The molecule has 0 unspecified atom stereocenters. The average Bonchev–Trinajstić information content (AvgIpc) is 2.47. The van der Waals surface area contributed by atoms with E-state index in [9.17, 15) is 0 Å². The first-order valence-electron chi connectivity index (χ1n) is 6.56. The fourth-order valence-corrected chi connectivity index (χ4v) is 2.51. The molecule has 0 heteroatoms. The number of hydrogen-bond donors (Lipinski definition) is 0. The summed E-state index contributed by atoms with van der Waals surface area (Å²) >= 11 is 0. The molecule has 0 bridgehead atoms. The Balaban J connectivity index is 2.18. The van der Waals surface area contributed by atoms with Crippen molar-refractivity contribution in [3.8, 4) is 11.1 Å². The lowest BCUT2D eigenvalue weighted by Crippen LogP contribution is -1.85. The van der Waals surface area contributed by atoms with Gasteiger partial charge in [0, 0.05) is 0 Å². The molecule has 0 N–H and O–H groups in total. The molecule has 0 heterocycles. The van der Waals surface area contributed by atoms with E-state index in [2.05, 4.69) is 73.3 Å². The van der Waals surface area contributed by atoms with Crippen LogP contribution in [-0.4, -0.2) is 0 Å². The smallest absolute Gasteiger partial charge is 0.00999 e. The molecule has 0 aliphatic carbocycles. The monoisotopic (exact) mass is 244 g/mol. The fourth-order valence-electron chi connectivity index (χ4n) is 2.51. The molecule has 0 saturated carbocycles. The van der Waals surface area contributed by atoms with Crippen molar-refractivity contribution in [3.05, 3.63) is 84.9 Å². The lowest BCUT2D eigenvalue weighted by Gasteiger charge is -2.08. The summed E-state index contributed by atoms with van der Waals surface area (Å²) in [5, 5.41) is 2.59. The summed E-state index contributed by atoms with van der Waals surface area (Å²) in [6.07, 6.45) is 2.86. The lowest BCUT2D eigenvalue weighted by atomic mass is 9.96. The summed E-state index contributed by atoms with van der Waals surface area (Å²) in [7, 11) is 0. The Morgan fingerprint density at radius 2 is 1.63 bits per heavy atom. The van der Waals surface area contributed by atoms with E-state index in [0.29, 0.717) is 0 Å². The summed E-state index contributed by atoms with van der Waals surface area (Å²) in [6.45, 7) is 3.81. The second-order valence-electron chi connectivity index (χ2n) is 4.72. The first kappa shape index (κ1) is 11.7. The van der Waals surface area contributed by atoms with Crippen molar-refractivity contribution < 1.29 is 0 Å². The van der Waals surface area contributed by atoms with Gasteiger partial charge in [-0.15, -0.1) is 6.58 Å². The molecule has 0 aliphatic rings. The van der Waals surface area contributed by atoms with Crippen LogP contribution in [-0.2, 0) is 6.42 Å². The Hall–Kier alpha value is -2.34. The molecular weight excluding hydrogens is 228 g/mol. The zero-order valence-electron chi connectivity index (χ0n) is 10.8. The zero-order chi connectivity index (χ0) is 13.1. The second-order valence-corrected chi connectivity index (χ2v) is 4.72. The highest BCUT2D eigenvalue weighted by Crippen LogP contribution is 2.29. The van der Waals surface area contributed by atoms with Gasteiger partial charge in [0.1, 0.15) is 0 Å². The highest BCUT2D eigenvalue weighted by Gasteiger charge is 2.03. The van der Waals surface area contributed by atoms with Crippen molar-refractivity contribution in [1.29, 1.82) is 0 Å². The van der Waals surface area contributed by atoms with Gasteiger partial charge in [0.2, 0.25) is 0 Å². The zero-order valence-corrected chi connectivity index (χ0v) is 10.8. The van der Waals surface area contributed by atoms with Crippen LogP contribution < -0.4 is 0 Å². The molecule has 0 aromatic heterocycles. The van der Waals surface area contributed by atoms with Crippen molar-refractivity contribution >= 4 is 10.8 Å². The van der Waals surface area contributed by atoms with Crippen LogP contribution in [0.1, 0.15) is 5.56 Å². The molecule has 0 aliphatic heterocycles. The first-order chi connectivity index (χ1) is 9.38. The SMILES string of the molecule is C=CCc1cccc(-c2cccc3ccccc23)c1. The van der Waals surface area contributed by atoms with E-state index < -0.39 is 0 Å². The highest BCUT2D eigenvalue weighted by molar-refractivity contribution is 5.96. The molecule has 0 nitrogen and oxygen atoms in total. The molecular formula is C19H16. The number of benzene rings is 3. The van der Waals surface area contributed by atoms with Crippen LogP contribution in [0.4, 0.5) is 0 Å². The van der Waals surface area contributed by atoms with E-state index in [1.54, 1.807) is 0 Å². The second kappa shape index (κ2) is 5.11. The van der Waals surface area contributed by atoms with Gasteiger partial charge >= 0.3 is 0 Å². The van der Waals surface area contributed by atoms with Gasteiger partial charge in [-0.05, 0) is 33.9 Å². The summed E-state index contributed by atoms with van der Waals surface area (Å²) in [6, 6.07) is 23.7. The Labute approximate surface area is 114 Å². The predicted octanol–water partition coefficient (Wildman–Crippen LogP) is 5.24. The van der Waals surface area contributed by atoms with Crippen molar-refractivity contribution in [2.45, 2.75) is 6.42 Å². The van der Waals surface area contributed by atoms with Gasteiger partial charge in [-0.3, -0.25) is 0 Å². The Morgan fingerprint density at radius 1 is 0.842 bits per heavy atom. The van der Waals surface area contributed by atoms with E-state index in [-0.39, 0.29) is 0 Å². The van der Waals surface area contributed by atoms with E-state index >= 15 is 0 Å². The van der Waals surface area contributed by atoms with Gasteiger partial charge < -0.3 is 0 Å². The van der Waals surface area contributed by atoms with Gasteiger partial charge in [0.15, 0.2) is 0 Å². The summed E-state index contributed by atoms with van der Waals surface area (Å²) in [5.41, 5.74) is 3.88. The molecule has 0 amide bonds. The first-order valence-corrected chi connectivity index (χ1v) is 6.56. The van der Waals surface area contributed by atoms with Crippen molar-refractivity contribution in [3.63, 3.8) is 0 Å². The minimum absolute atomic E-state index is 0.915. The van der Waals surface area contributed by atoms with E-state index in [1.807, 2.05) is 6.08 Å². The number of hydrogen-bond acceptors (Lipinski definition) is 0. The van der Waals surface area contributed by atoms with E-state index in [1.165, 1.54) is 27.5 Å². The quantitative estimate of drug-likeness (QED) is 0.553. The van der Waals surface area contributed by atoms with Crippen LogP contribution in [0.5, 0.6) is 0 Å². The summed E-state index contributed by atoms with van der Waals surface area (Å²) in [5.74, 6) is 0. The minimum Gasteiger partial charge on any atom is -0.103 e. The van der Waals surface area contributed by atoms with Crippen molar-refractivity contribution in [2.75, 3.05) is 0 Å². The van der Waals surface area contributed by atoms with Crippen LogP contribution in [0, 0.1) is 0 Å². The van der Waals surface area contributed by atoms with Gasteiger partial charge in [0.05, 0.1) is 0 Å². The minimum atomic E-state index is 0.915. The Bertz CT molecular complexity index is 717. The molecule has 3 aromatic rings. The Kier molecular flexibility index (Phi) is 3.16. The van der Waals surface area contributed by atoms with E-state index in [0.717, 1.165) is 6.42 Å². The highest BCUT2D eigenvalue weighted by atomic mass is 14.1. The van der Waals surface area contributed by atoms with Crippen molar-refractivity contribution in [2.24, 2.45) is 0 Å². The molecule has 19 heavy (non-hydrogen) atoms. The average molecular weight is 244 g/mol. The van der Waals surface area contributed by atoms with Crippen LogP contribution in [0.25, 0.3) is 21.9 Å². The maximum Gasteiger partial charge on any atom is -0.00999 e. The van der Waals surface area contributed by atoms with E-state index in [4.69, 9.17) is 0 Å². The fraction of sp³-hybridized carbons (Fsp3) is 0.0526. The molecule has 3 aromatic carbocycles. The topological polar surface area (TPSA) is 0 Å². The molecule has 0 fully saturated rings. The maximum atomic E-state index is 3.81. The predicted molar refractivity (Wildman–Crippen MR) is 83.3 cm³/mol. The molecule has 3 rings (SSSR count). The van der Waals surface area contributed by atoms with Gasteiger partial charge in [-0.25, -0.2) is 0 Å². The normalized spacial score (nSPS) is 10.5. The van der Waals surface area contributed by atoms with Crippen molar-refractivity contribution in [1.82, 2.24) is 0 Å². The maximum absolute atomic E-state index is 3.81.